The Morgan fingerprint density at radius 3 is 1.96 bits per heavy atom. The van der Waals surface area contributed by atoms with E-state index >= 15 is 4.39 Å². The Morgan fingerprint density at radius 2 is 1.36 bits per heavy atom. The molecule has 0 aliphatic heterocycles. The highest BCUT2D eigenvalue weighted by atomic mass is 28.3. The number of ether oxygens (including phenoxy) is 2. The Morgan fingerprint density at radius 1 is 0.745 bits per heavy atom. The minimum atomic E-state index is -1.15. The highest BCUT2D eigenvalue weighted by molar-refractivity contribution is 6.76. The highest BCUT2D eigenvalue weighted by Gasteiger charge is 2.37. The Labute approximate surface area is 277 Å². The number of imidazole rings is 1. The molecule has 0 amide bonds. The second kappa shape index (κ2) is 14.4. The molecule has 0 N–H and O–H groups in total. The number of hydrogen-bond donors (Lipinski definition) is 0. The van der Waals surface area contributed by atoms with Gasteiger partial charge in [0.05, 0.1) is 24.8 Å². The van der Waals surface area contributed by atoms with Crippen LogP contribution in [0, 0.1) is 5.82 Å². The van der Waals surface area contributed by atoms with E-state index in [4.69, 9.17) is 9.47 Å². The molecule has 0 aliphatic carbocycles. The Kier molecular flexibility index (Phi) is 9.92. The van der Waals surface area contributed by atoms with Gasteiger partial charge in [-0.2, -0.15) is 5.10 Å². The molecule has 4 aromatic carbocycles. The van der Waals surface area contributed by atoms with E-state index in [0.29, 0.717) is 31.1 Å². The van der Waals surface area contributed by atoms with Gasteiger partial charge >= 0.3 is 0 Å². The number of hydrogen-bond acceptors (Lipinski definition) is 4. The summed E-state index contributed by atoms with van der Waals surface area (Å²) in [5, 5.41) is 4.45. The Bertz CT molecular complexity index is 1770. The van der Waals surface area contributed by atoms with Crippen LogP contribution in [0.4, 0.5) is 4.39 Å². The molecule has 2 heterocycles. The van der Waals surface area contributed by atoms with Crippen LogP contribution in [0.2, 0.25) is 25.7 Å². The Balaban J connectivity index is 1.19. The fourth-order valence-corrected chi connectivity index (χ4v) is 6.47. The van der Waals surface area contributed by atoms with Gasteiger partial charge in [-0.25, -0.2) is 14.1 Å². The van der Waals surface area contributed by atoms with Crippen molar-refractivity contribution in [2.24, 2.45) is 0 Å². The molecule has 0 radical (unpaired) electrons. The summed E-state index contributed by atoms with van der Waals surface area (Å²) in [7, 11) is -1.15. The largest absolute Gasteiger partial charge is 0.360 e. The first-order valence-electron chi connectivity index (χ1n) is 16.0. The van der Waals surface area contributed by atoms with Gasteiger partial charge in [0, 0.05) is 44.7 Å². The number of nitrogens with zero attached hydrogens (tertiary/aromatic N) is 4. The first-order chi connectivity index (χ1) is 22.8. The first-order valence-corrected chi connectivity index (χ1v) is 19.8. The highest BCUT2D eigenvalue weighted by Crippen LogP contribution is 2.40. The standard InChI is InChI=1S/C39H41FN4O2Si/c1-47(2,3)24-23-45-30-44-27-32(26-42-44)31-19-20-37(40)36(25-31)38-28-43(29-41-38)21-22-46-39(33-13-7-4-8-14-33,34-15-9-5-10-16-34)35-17-11-6-12-18-35/h4-20,25-29H,21-24,30H2,1-3H3. The van der Waals surface area contributed by atoms with E-state index in [1.165, 1.54) is 6.07 Å². The van der Waals surface area contributed by atoms with Gasteiger partial charge in [0.1, 0.15) is 18.1 Å². The summed E-state index contributed by atoms with van der Waals surface area (Å²) in [6, 6.07) is 37.1. The number of rotatable bonds is 14. The number of aromatic nitrogens is 4. The van der Waals surface area contributed by atoms with Gasteiger partial charge in [0.25, 0.3) is 0 Å². The maximum absolute atomic E-state index is 15.1. The van der Waals surface area contributed by atoms with Gasteiger partial charge in [-0.3, -0.25) is 0 Å². The van der Waals surface area contributed by atoms with Crippen molar-refractivity contribution in [3.63, 3.8) is 0 Å². The van der Waals surface area contributed by atoms with E-state index in [1.807, 2.05) is 77.6 Å². The van der Waals surface area contributed by atoms with Crippen LogP contribution in [0.15, 0.2) is 134 Å². The van der Waals surface area contributed by atoms with Gasteiger partial charge in [0.2, 0.25) is 0 Å². The molecule has 240 valence electrons. The van der Waals surface area contributed by atoms with Crippen molar-refractivity contribution in [2.45, 2.75) is 44.6 Å². The van der Waals surface area contributed by atoms with Crippen LogP contribution < -0.4 is 0 Å². The zero-order valence-corrected chi connectivity index (χ0v) is 28.2. The van der Waals surface area contributed by atoms with Crippen molar-refractivity contribution in [1.29, 1.82) is 0 Å². The van der Waals surface area contributed by atoms with Crippen LogP contribution in [0.1, 0.15) is 16.7 Å². The molecule has 2 aromatic heterocycles. The topological polar surface area (TPSA) is 54.1 Å². The molecular weight excluding hydrogens is 604 g/mol. The third-order valence-electron chi connectivity index (χ3n) is 8.27. The maximum atomic E-state index is 15.1. The zero-order chi connectivity index (χ0) is 32.7. The second-order valence-corrected chi connectivity index (χ2v) is 18.6. The molecule has 0 atom stereocenters. The minimum Gasteiger partial charge on any atom is -0.360 e. The average Bonchev–Trinajstić information content (AvgIpc) is 3.77. The molecule has 8 heteroatoms. The predicted octanol–water partition coefficient (Wildman–Crippen LogP) is 8.87. The molecule has 0 saturated carbocycles. The van der Waals surface area contributed by atoms with Crippen LogP contribution in [0.3, 0.4) is 0 Å². The van der Waals surface area contributed by atoms with E-state index in [9.17, 15) is 0 Å². The molecule has 0 unspecified atom stereocenters. The van der Waals surface area contributed by atoms with Crippen molar-refractivity contribution in [1.82, 2.24) is 19.3 Å². The normalized spacial score (nSPS) is 12.0. The molecule has 0 saturated heterocycles. The fourth-order valence-electron chi connectivity index (χ4n) is 5.72. The SMILES string of the molecule is C[Si](C)(C)CCOCn1cc(-c2ccc(F)c(-c3cn(CCOC(c4ccccc4)(c4ccccc4)c4ccccc4)cn3)c2)cn1. The van der Waals surface area contributed by atoms with Crippen LogP contribution in [0.25, 0.3) is 22.4 Å². The van der Waals surface area contributed by atoms with E-state index in [-0.39, 0.29) is 5.82 Å². The van der Waals surface area contributed by atoms with Crippen molar-refractivity contribution < 1.29 is 13.9 Å². The molecular formula is C39H41FN4O2Si. The molecule has 6 rings (SSSR count). The molecule has 0 fully saturated rings. The van der Waals surface area contributed by atoms with Crippen LogP contribution in [-0.2, 0) is 28.4 Å². The van der Waals surface area contributed by atoms with Crippen molar-refractivity contribution >= 4 is 8.07 Å². The van der Waals surface area contributed by atoms with E-state index < -0.39 is 13.7 Å². The van der Waals surface area contributed by atoms with Crippen molar-refractivity contribution in [3.05, 3.63) is 157 Å². The summed E-state index contributed by atoms with van der Waals surface area (Å²) in [5.41, 5.74) is 5.09. The van der Waals surface area contributed by atoms with E-state index in [2.05, 4.69) is 66.1 Å². The summed E-state index contributed by atoms with van der Waals surface area (Å²) in [6.07, 6.45) is 7.32. The quantitative estimate of drug-likeness (QED) is 0.0675. The van der Waals surface area contributed by atoms with Crippen LogP contribution >= 0.6 is 0 Å². The lowest BCUT2D eigenvalue weighted by molar-refractivity contribution is 0.00835. The lowest BCUT2D eigenvalue weighted by atomic mass is 9.80. The van der Waals surface area contributed by atoms with Crippen LogP contribution in [-0.4, -0.2) is 40.6 Å². The lowest BCUT2D eigenvalue weighted by Gasteiger charge is -2.36. The third-order valence-corrected chi connectivity index (χ3v) is 9.98. The van der Waals surface area contributed by atoms with Gasteiger partial charge < -0.3 is 14.0 Å². The average molecular weight is 645 g/mol. The monoisotopic (exact) mass is 644 g/mol. The summed E-state index contributed by atoms with van der Waals surface area (Å²) in [5.74, 6) is -0.325. The maximum Gasteiger partial charge on any atom is 0.143 e. The number of halogens is 1. The zero-order valence-electron chi connectivity index (χ0n) is 27.2. The summed E-state index contributed by atoms with van der Waals surface area (Å²) >= 11 is 0. The smallest absolute Gasteiger partial charge is 0.143 e. The molecule has 6 aromatic rings. The summed E-state index contributed by atoms with van der Waals surface area (Å²) in [4.78, 5) is 4.58. The van der Waals surface area contributed by atoms with E-state index in [1.54, 1.807) is 23.3 Å². The third kappa shape index (κ3) is 7.68. The molecule has 47 heavy (non-hydrogen) atoms. The fraction of sp³-hybridized carbons (Fsp3) is 0.231. The number of benzene rings is 4. The summed E-state index contributed by atoms with van der Waals surface area (Å²) < 4.78 is 31.6. The van der Waals surface area contributed by atoms with Gasteiger partial charge in [-0.05, 0) is 40.4 Å². The second-order valence-electron chi connectivity index (χ2n) is 12.9. The summed E-state index contributed by atoms with van der Waals surface area (Å²) in [6.45, 7) is 9.05. The van der Waals surface area contributed by atoms with Gasteiger partial charge in [-0.15, -0.1) is 0 Å². The lowest BCUT2D eigenvalue weighted by Crippen LogP contribution is -2.34. The minimum absolute atomic E-state index is 0.325. The van der Waals surface area contributed by atoms with Gasteiger partial charge in [-0.1, -0.05) is 117 Å². The predicted molar refractivity (Wildman–Crippen MR) is 188 cm³/mol. The van der Waals surface area contributed by atoms with Crippen molar-refractivity contribution in [2.75, 3.05) is 13.2 Å². The van der Waals surface area contributed by atoms with Crippen molar-refractivity contribution in [3.8, 4) is 22.4 Å². The van der Waals surface area contributed by atoms with E-state index in [0.717, 1.165) is 40.5 Å². The first kappa shape index (κ1) is 32.3. The molecule has 0 aliphatic rings. The molecule has 0 spiro atoms. The molecule has 0 bridgehead atoms. The molecule has 6 nitrogen and oxygen atoms in total. The Hall–Kier alpha value is -4.63. The van der Waals surface area contributed by atoms with Gasteiger partial charge in [0.15, 0.2) is 0 Å². The van der Waals surface area contributed by atoms with Crippen LogP contribution in [0.5, 0.6) is 0 Å².